The van der Waals surface area contributed by atoms with Crippen molar-refractivity contribution in [2.24, 2.45) is 0 Å². The van der Waals surface area contributed by atoms with E-state index in [0.717, 1.165) is 6.07 Å². The molecule has 1 amide bonds. The molecule has 4 N–H and O–H groups in total. The van der Waals surface area contributed by atoms with Crippen molar-refractivity contribution in [3.8, 4) is 0 Å². The van der Waals surface area contributed by atoms with Gasteiger partial charge in [-0.05, 0) is 11.6 Å². The van der Waals surface area contributed by atoms with Gasteiger partial charge in [0.1, 0.15) is 11.6 Å². The first kappa shape index (κ1) is 14.9. The summed E-state index contributed by atoms with van der Waals surface area (Å²) in [6.07, 6.45) is 0. The van der Waals surface area contributed by atoms with Crippen molar-refractivity contribution in [1.82, 2.24) is 5.32 Å². The maximum absolute atomic E-state index is 13.6. The fourth-order valence-electron chi connectivity index (χ4n) is 1.90. The van der Waals surface area contributed by atoms with Gasteiger partial charge in [-0.25, -0.2) is 8.78 Å². The monoisotopic (exact) mass is 292 g/mol. The summed E-state index contributed by atoms with van der Waals surface area (Å²) in [7, 11) is 0. The molecule has 110 valence electrons. The molecule has 0 aromatic heterocycles. The molecule has 0 saturated carbocycles. The molecule has 4 nitrogen and oxygen atoms in total. The van der Waals surface area contributed by atoms with Crippen LogP contribution in [-0.4, -0.2) is 17.6 Å². The Labute approximate surface area is 120 Å². The summed E-state index contributed by atoms with van der Waals surface area (Å²) in [4.78, 5) is 12.0. The third-order valence-corrected chi connectivity index (χ3v) is 3.02. The maximum atomic E-state index is 13.6. The Kier molecular flexibility index (Phi) is 4.49. The summed E-state index contributed by atoms with van der Waals surface area (Å²) in [6.45, 7) is -0.353. The van der Waals surface area contributed by atoms with Gasteiger partial charge in [0.25, 0.3) is 5.91 Å². The third-order valence-electron chi connectivity index (χ3n) is 3.02. The number of anilines is 1. The zero-order valence-electron chi connectivity index (χ0n) is 11.0. The molecule has 0 radical (unpaired) electrons. The molecule has 0 aliphatic heterocycles. The number of nitrogens with two attached hydrogens (primary N) is 1. The Bertz CT molecular complexity index is 648. The van der Waals surface area contributed by atoms with Crippen molar-refractivity contribution < 1.29 is 18.7 Å². The van der Waals surface area contributed by atoms with E-state index in [-0.39, 0.29) is 17.9 Å². The lowest BCUT2D eigenvalue weighted by Gasteiger charge is -2.17. The topological polar surface area (TPSA) is 75.4 Å². The van der Waals surface area contributed by atoms with E-state index < -0.39 is 23.6 Å². The fourth-order valence-corrected chi connectivity index (χ4v) is 1.90. The van der Waals surface area contributed by atoms with Crippen molar-refractivity contribution in [1.29, 1.82) is 0 Å². The Morgan fingerprint density at radius 2 is 1.86 bits per heavy atom. The number of carbonyl (C=O) groups is 1. The Hall–Kier alpha value is -2.47. The molecule has 0 saturated heterocycles. The van der Waals surface area contributed by atoms with Crippen LogP contribution in [0.15, 0.2) is 42.5 Å². The summed E-state index contributed by atoms with van der Waals surface area (Å²) in [5.74, 6) is -2.71. The highest BCUT2D eigenvalue weighted by Gasteiger charge is 2.19. The number of nitrogens with one attached hydrogen (secondary N) is 1. The molecule has 0 bridgehead atoms. The van der Waals surface area contributed by atoms with Crippen LogP contribution in [0.1, 0.15) is 22.0 Å². The molecule has 0 unspecified atom stereocenters. The van der Waals surface area contributed by atoms with Gasteiger partial charge in [-0.2, -0.15) is 0 Å². The van der Waals surface area contributed by atoms with Gasteiger partial charge in [-0.3, -0.25) is 4.79 Å². The number of nitrogen functional groups attached to an aromatic ring is 1. The molecule has 0 aliphatic rings. The largest absolute Gasteiger partial charge is 0.396 e. The third kappa shape index (κ3) is 3.35. The minimum atomic E-state index is -1.01. The normalized spacial score (nSPS) is 12.0. The number of benzene rings is 2. The predicted molar refractivity (Wildman–Crippen MR) is 74.5 cm³/mol. The highest BCUT2D eigenvalue weighted by atomic mass is 19.1. The predicted octanol–water partition coefficient (Wildman–Crippen LogP) is 2.01. The van der Waals surface area contributed by atoms with Crippen LogP contribution in [0, 0.1) is 11.6 Å². The molecule has 2 aromatic carbocycles. The number of amides is 1. The minimum absolute atomic E-state index is 0.318. The standard InChI is InChI=1S/C15H14F2N2O2/c16-11-7-12(17)13(18)6-10(11)15(21)19-14(8-20)9-4-2-1-3-5-9/h1-7,14,20H,8,18H2,(H,19,21)/t14-/m1/s1. The van der Waals surface area contributed by atoms with E-state index in [2.05, 4.69) is 5.32 Å². The number of hydrogen-bond donors (Lipinski definition) is 3. The van der Waals surface area contributed by atoms with Gasteiger partial charge in [0, 0.05) is 6.07 Å². The Morgan fingerprint density at radius 3 is 2.48 bits per heavy atom. The number of rotatable bonds is 4. The van der Waals surface area contributed by atoms with Gasteiger partial charge in [-0.1, -0.05) is 30.3 Å². The smallest absolute Gasteiger partial charge is 0.254 e. The summed E-state index contributed by atoms with van der Waals surface area (Å²) >= 11 is 0. The number of hydrogen-bond acceptors (Lipinski definition) is 3. The molecular formula is C15H14F2N2O2. The molecule has 21 heavy (non-hydrogen) atoms. The second kappa shape index (κ2) is 6.32. The Morgan fingerprint density at radius 1 is 1.19 bits per heavy atom. The summed E-state index contributed by atoms with van der Waals surface area (Å²) in [5, 5.41) is 11.8. The molecule has 1 atom stereocenters. The lowest BCUT2D eigenvalue weighted by Crippen LogP contribution is -2.31. The van der Waals surface area contributed by atoms with E-state index in [0.29, 0.717) is 11.6 Å². The van der Waals surface area contributed by atoms with Gasteiger partial charge in [0.05, 0.1) is 23.9 Å². The second-order valence-corrected chi connectivity index (χ2v) is 4.47. The molecule has 0 spiro atoms. The number of aliphatic hydroxyl groups is 1. The SMILES string of the molecule is Nc1cc(C(=O)N[C@H](CO)c2ccccc2)c(F)cc1F. The molecule has 2 rings (SSSR count). The van der Waals surface area contributed by atoms with Crippen LogP contribution in [0.4, 0.5) is 14.5 Å². The number of halogens is 2. The quantitative estimate of drug-likeness (QED) is 0.755. The van der Waals surface area contributed by atoms with E-state index in [1.807, 2.05) is 0 Å². The van der Waals surface area contributed by atoms with Gasteiger partial charge < -0.3 is 16.2 Å². The van der Waals surface area contributed by atoms with Gasteiger partial charge in [-0.15, -0.1) is 0 Å². The van der Waals surface area contributed by atoms with E-state index in [4.69, 9.17) is 5.73 Å². The maximum Gasteiger partial charge on any atom is 0.254 e. The van der Waals surface area contributed by atoms with E-state index in [9.17, 15) is 18.7 Å². The van der Waals surface area contributed by atoms with Crippen molar-refractivity contribution in [3.63, 3.8) is 0 Å². The van der Waals surface area contributed by atoms with Crippen LogP contribution >= 0.6 is 0 Å². The minimum Gasteiger partial charge on any atom is -0.396 e. The zero-order valence-corrected chi connectivity index (χ0v) is 11.0. The van der Waals surface area contributed by atoms with Gasteiger partial charge in [0.2, 0.25) is 0 Å². The first-order chi connectivity index (χ1) is 10.0. The van der Waals surface area contributed by atoms with Crippen LogP contribution in [0.5, 0.6) is 0 Å². The van der Waals surface area contributed by atoms with Crippen LogP contribution < -0.4 is 11.1 Å². The van der Waals surface area contributed by atoms with Crippen molar-refractivity contribution in [2.75, 3.05) is 12.3 Å². The van der Waals surface area contributed by atoms with Crippen LogP contribution in [0.25, 0.3) is 0 Å². The summed E-state index contributed by atoms with van der Waals surface area (Å²) < 4.78 is 26.7. The first-order valence-corrected chi connectivity index (χ1v) is 6.24. The average Bonchev–Trinajstić information content (AvgIpc) is 2.49. The van der Waals surface area contributed by atoms with E-state index >= 15 is 0 Å². The van der Waals surface area contributed by atoms with Crippen molar-refractivity contribution >= 4 is 11.6 Å². The lowest BCUT2D eigenvalue weighted by atomic mass is 10.1. The van der Waals surface area contributed by atoms with E-state index in [1.54, 1.807) is 30.3 Å². The highest BCUT2D eigenvalue weighted by Crippen LogP contribution is 2.18. The molecule has 2 aromatic rings. The fraction of sp³-hybridized carbons (Fsp3) is 0.133. The number of carbonyl (C=O) groups excluding carboxylic acids is 1. The Balaban J connectivity index is 2.23. The van der Waals surface area contributed by atoms with E-state index in [1.165, 1.54) is 0 Å². The molecule has 6 heteroatoms. The second-order valence-electron chi connectivity index (χ2n) is 4.47. The van der Waals surface area contributed by atoms with Gasteiger partial charge >= 0.3 is 0 Å². The summed E-state index contributed by atoms with van der Waals surface area (Å²) in [5.41, 5.74) is 5.31. The molecular weight excluding hydrogens is 278 g/mol. The van der Waals surface area contributed by atoms with Crippen molar-refractivity contribution in [3.05, 3.63) is 65.2 Å². The molecule has 0 fully saturated rings. The zero-order chi connectivity index (χ0) is 15.4. The molecule has 0 heterocycles. The van der Waals surface area contributed by atoms with Crippen molar-refractivity contribution in [2.45, 2.75) is 6.04 Å². The highest BCUT2D eigenvalue weighted by molar-refractivity contribution is 5.95. The lowest BCUT2D eigenvalue weighted by molar-refractivity contribution is 0.0912. The first-order valence-electron chi connectivity index (χ1n) is 6.24. The van der Waals surface area contributed by atoms with Crippen LogP contribution in [-0.2, 0) is 0 Å². The summed E-state index contributed by atoms with van der Waals surface area (Å²) in [6, 6.07) is 9.53. The average molecular weight is 292 g/mol. The van der Waals surface area contributed by atoms with Gasteiger partial charge in [0.15, 0.2) is 0 Å². The molecule has 0 aliphatic carbocycles. The van der Waals surface area contributed by atoms with Crippen LogP contribution in [0.3, 0.4) is 0 Å². The number of aliphatic hydroxyl groups excluding tert-OH is 1. The van der Waals surface area contributed by atoms with Crippen LogP contribution in [0.2, 0.25) is 0 Å².